The van der Waals surface area contributed by atoms with E-state index in [1.54, 1.807) is 11.6 Å². The van der Waals surface area contributed by atoms with Crippen molar-refractivity contribution < 1.29 is 42.5 Å². The van der Waals surface area contributed by atoms with Crippen molar-refractivity contribution in [3.05, 3.63) is 116 Å². The average molecular weight is 1040 g/mol. The van der Waals surface area contributed by atoms with E-state index in [4.69, 9.17) is 26.8 Å². The highest BCUT2D eigenvalue weighted by Crippen LogP contribution is 2.56. The number of amides is 4. The second kappa shape index (κ2) is 21.2. The first-order valence-electron chi connectivity index (χ1n) is 26.1. The van der Waals surface area contributed by atoms with Crippen LogP contribution in [0, 0.1) is 23.5 Å². The van der Waals surface area contributed by atoms with Gasteiger partial charge in [0.2, 0.25) is 23.6 Å². The van der Waals surface area contributed by atoms with E-state index in [-0.39, 0.29) is 77.3 Å². The Morgan fingerprint density at radius 2 is 1.64 bits per heavy atom. The SMILES string of the molecule is C[C@H]1c2c(cc(F)c(Cl)c2-c2c(C(N)=O)ccc(OCCO)c2F)O[C@]1(CNC1CCC(C(=O)N2CCC(CN3CCC(c4ccc5c(c4)n(C)c(=O)n5C4CCC(=O)NC4=O)CC3)CC2)CC1)c1ccccc1. The maximum absolute atomic E-state index is 16.5. The summed E-state index contributed by atoms with van der Waals surface area (Å²) in [5.74, 6) is -3.14. The van der Waals surface area contributed by atoms with Crippen LogP contribution < -0.4 is 31.5 Å². The number of nitrogens with one attached hydrogen (secondary N) is 2. The van der Waals surface area contributed by atoms with Gasteiger partial charge in [-0.1, -0.05) is 54.9 Å². The standard InChI is InChI=1S/C56H64ClF2N7O8/c1-32-47-45(29-40(58)50(57)49(47)48-39(52(60)69)13-16-44(51(48)59)73-27-26-67)74-56(32,37-6-4-3-5-7-37)31-61-38-11-8-35(9-12-38)54(71)65-24-18-33(19-25-65)30-64-22-20-34(21-23-64)36-10-14-41-43(28-36)63(2)55(72)66(41)42-15-17-46(68)62-53(42)70/h3-7,10,13-14,16,28-29,32-35,38,42,61,67H,8-9,11-12,15,17-27,30-31H2,1-2H3,(H2,60,69)(H,62,68,70)/t32-,35?,38?,42?,56-/m0/s1. The highest BCUT2D eigenvalue weighted by Gasteiger charge is 2.50. The molecule has 1 unspecified atom stereocenters. The number of halogens is 3. The number of imide groups is 1. The third kappa shape index (κ3) is 9.60. The lowest BCUT2D eigenvalue weighted by Crippen LogP contribution is -2.49. The van der Waals surface area contributed by atoms with Gasteiger partial charge in [0.15, 0.2) is 17.2 Å². The number of ether oxygens (including phenoxy) is 2. The molecular weight excluding hydrogens is 972 g/mol. The van der Waals surface area contributed by atoms with Crippen LogP contribution in [-0.2, 0) is 27.0 Å². The molecule has 0 radical (unpaired) electrons. The second-order valence-electron chi connectivity index (χ2n) is 21.0. The molecule has 5 N–H and O–H groups in total. The summed E-state index contributed by atoms with van der Waals surface area (Å²) in [6.45, 7) is 6.07. The molecule has 3 saturated heterocycles. The third-order valence-electron chi connectivity index (χ3n) is 16.7. The van der Waals surface area contributed by atoms with Gasteiger partial charge in [-0.05, 0) is 118 Å². The molecule has 5 heterocycles. The number of likely N-dealkylation sites (tertiary alicyclic amines) is 2. The molecule has 15 nitrogen and oxygen atoms in total. The van der Waals surface area contributed by atoms with Crippen molar-refractivity contribution in [3.63, 3.8) is 0 Å². The second-order valence-corrected chi connectivity index (χ2v) is 21.4. The van der Waals surface area contributed by atoms with Crippen LogP contribution in [0.4, 0.5) is 8.78 Å². The van der Waals surface area contributed by atoms with Crippen LogP contribution in [0.15, 0.2) is 71.5 Å². The van der Waals surface area contributed by atoms with Crippen LogP contribution in [0.5, 0.6) is 11.5 Å². The smallest absolute Gasteiger partial charge is 0.329 e. The number of carbonyl (C=O) groups is 4. The molecule has 5 aromatic rings. The summed E-state index contributed by atoms with van der Waals surface area (Å²) in [5.41, 5.74) is 7.71. The number of nitrogens with zero attached hydrogens (tertiary/aromatic N) is 4. The van der Waals surface area contributed by atoms with Gasteiger partial charge in [0.25, 0.3) is 0 Å². The van der Waals surface area contributed by atoms with E-state index in [0.717, 1.165) is 95.2 Å². The van der Waals surface area contributed by atoms with Crippen molar-refractivity contribution in [2.24, 2.45) is 24.6 Å². The maximum atomic E-state index is 16.5. The van der Waals surface area contributed by atoms with E-state index in [2.05, 4.69) is 32.6 Å². The Kier molecular flexibility index (Phi) is 14.7. The number of imidazole rings is 1. The first kappa shape index (κ1) is 51.4. The number of piperidine rings is 3. The number of hydrogen-bond acceptors (Lipinski definition) is 10. The topological polar surface area (TPSA) is 190 Å². The number of benzene rings is 4. The largest absolute Gasteiger partial charge is 0.488 e. The summed E-state index contributed by atoms with van der Waals surface area (Å²) in [6, 6.07) is 18.8. The summed E-state index contributed by atoms with van der Waals surface area (Å²) in [5, 5.41) is 15.1. The molecule has 1 saturated carbocycles. The van der Waals surface area contributed by atoms with Gasteiger partial charge in [0, 0.05) is 80.3 Å². The van der Waals surface area contributed by atoms with Gasteiger partial charge in [-0.15, -0.1) is 0 Å². The van der Waals surface area contributed by atoms with Crippen molar-refractivity contribution in [3.8, 4) is 22.6 Å². The Balaban J connectivity index is 0.733. The first-order valence-corrected chi connectivity index (χ1v) is 26.5. The van der Waals surface area contributed by atoms with E-state index in [1.165, 1.54) is 28.3 Å². The zero-order chi connectivity index (χ0) is 52.0. The number of carbonyl (C=O) groups excluding carboxylic acids is 4. The van der Waals surface area contributed by atoms with Gasteiger partial charge in [-0.2, -0.15) is 0 Å². The molecule has 4 amide bonds. The Morgan fingerprint density at radius 3 is 2.32 bits per heavy atom. The van der Waals surface area contributed by atoms with Gasteiger partial charge >= 0.3 is 5.69 Å². The van der Waals surface area contributed by atoms with Gasteiger partial charge in [-0.3, -0.25) is 33.6 Å². The minimum atomic E-state index is -1.11. The molecule has 4 aliphatic heterocycles. The third-order valence-corrected chi connectivity index (χ3v) is 17.1. The molecule has 0 spiro atoms. The van der Waals surface area contributed by atoms with Crippen LogP contribution in [0.3, 0.4) is 0 Å². The Morgan fingerprint density at radius 1 is 0.905 bits per heavy atom. The number of aryl methyl sites for hydroxylation is 1. The van der Waals surface area contributed by atoms with E-state index < -0.39 is 46.0 Å². The van der Waals surface area contributed by atoms with Crippen molar-refractivity contribution in [1.29, 1.82) is 0 Å². The number of aromatic nitrogens is 2. The van der Waals surface area contributed by atoms with Crippen LogP contribution >= 0.6 is 11.6 Å². The average Bonchev–Trinajstić information content (AvgIpc) is 3.83. The molecule has 3 atom stereocenters. The lowest BCUT2D eigenvalue weighted by atomic mass is 9.77. The summed E-state index contributed by atoms with van der Waals surface area (Å²) >= 11 is 6.73. The predicted octanol–water partition coefficient (Wildman–Crippen LogP) is 7.04. The molecule has 1 aliphatic carbocycles. The number of fused-ring (bicyclic) bond motifs is 2. The predicted molar refractivity (Wildman–Crippen MR) is 275 cm³/mol. The van der Waals surface area contributed by atoms with Gasteiger partial charge < -0.3 is 35.4 Å². The monoisotopic (exact) mass is 1040 g/mol. The maximum Gasteiger partial charge on any atom is 0.329 e. The first-order chi connectivity index (χ1) is 35.7. The highest BCUT2D eigenvalue weighted by atomic mass is 35.5. The van der Waals surface area contributed by atoms with Crippen LogP contribution in [-0.4, -0.2) is 106 Å². The fraction of sp³-hybridized carbons (Fsp3) is 0.482. The molecule has 10 rings (SSSR count). The molecule has 74 heavy (non-hydrogen) atoms. The quantitative estimate of drug-likeness (QED) is 0.0840. The summed E-state index contributed by atoms with van der Waals surface area (Å²) in [4.78, 5) is 69.2. The normalized spacial score (nSPS) is 23.9. The minimum Gasteiger partial charge on any atom is -0.488 e. The zero-order valence-electron chi connectivity index (χ0n) is 41.8. The minimum absolute atomic E-state index is 0.0543. The molecule has 0 bridgehead atoms. The number of nitrogens with two attached hydrogens (primary N) is 1. The van der Waals surface area contributed by atoms with Gasteiger partial charge in [-0.25, -0.2) is 13.6 Å². The van der Waals surface area contributed by atoms with Crippen molar-refractivity contribution in [1.82, 2.24) is 29.6 Å². The van der Waals surface area contributed by atoms with Crippen LogP contribution in [0.25, 0.3) is 22.2 Å². The molecular formula is C56H64ClF2N7O8. The van der Waals surface area contributed by atoms with Gasteiger partial charge in [0.05, 0.1) is 28.2 Å². The number of hydrogen-bond donors (Lipinski definition) is 4. The molecule has 4 aromatic carbocycles. The Labute approximate surface area is 433 Å². The highest BCUT2D eigenvalue weighted by molar-refractivity contribution is 6.34. The lowest BCUT2D eigenvalue weighted by molar-refractivity contribution is -0.138. The number of rotatable bonds is 14. The Hall–Kier alpha value is -6.14. The molecule has 5 aliphatic rings. The van der Waals surface area contributed by atoms with Crippen LogP contribution in [0.2, 0.25) is 5.02 Å². The van der Waals surface area contributed by atoms with Crippen molar-refractivity contribution in [2.75, 3.05) is 52.5 Å². The summed E-state index contributed by atoms with van der Waals surface area (Å²) in [7, 11) is 1.73. The van der Waals surface area contributed by atoms with Crippen molar-refractivity contribution >= 4 is 46.3 Å². The number of primary amides is 1. The summed E-state index contributed by atoms with van der Waals surface area (Å²) in [6.07, 6.45) is 7.47. The van der Waals surface area contributed by atoms with E-state index in [0.29, 0.717) is 35.9 Å². The molecule has 4 fully saturated rings. The molecule has 392 valence electrons. The Bertz CT molecular complexity index is 3030. The lowest BCUT2D eigenvalue weighted by Gasteiger charge is -2.40. The fourth-order valence-corrected chi connectivity index (χ4v) is 12.9. The molecule has 18 heteroatoms. The van der Waals surface area contributed by atoms with Crippen molar-refractivity contribution in [2.45, 2.75) is 101 Å². The van der Waals surface area contributed by atoms with Gasteiger partial charge in [0.1, 0.15) is 24.2 Å². The van der Waals surface area contributed by atoms with Crippen LogP contribution in [0.1, 0.15) is 116 Å². The summed E-state index contributed by atoms with van der Waals surface area (Å²) < 4.78 is 47.8. The van der Waals surface area contributed by atoms with E-state index in [1.807, 2.05) is 43.3 Å². The molecule has 1 aromatic heterocycles. The van der Waals surface area contributed by atoms with E-state index >= 15 is 8.78 Å². The zero-order valence-corrected chi connectivity index (χ0v) is 42.6. The van der Waals surface area contributed by atoms with E-state index in [9.17, 15) is 29.1 Å². The fourth-order valence-electron chi connectivity index (χ4n) is 12.6. The number of aliphatic hydroxyl groups excluding tert-OH is 1. The number of aliphatic hydroxyl groups is 1.